The zero-order chi connectivity index (χ0) is 14.0. The lowest BCUT2D eigenvalue weighted by Crippen LogP contribution is -2.53. The maximum absolute atomic E-state index is 6.70. The van der Waals surface area contributed by atoms with Crippen LogP contribution in [0.2, 0.25) is 0 Å². The molecule has 2 rings (SSSR count). The fourth-order valence-corrected chi connectivity index (χ4v) is 3.70. The van der Waals surface area contributed by atoms with Crippen LogP contribution in [0.1, 0.15) is 54.8 Å². The Kier molecular flexibility index (Phi) is 4.32. The first-order valence-corrected chi connectivity index (χ1v) is 7.47. The molecule has 0 aliphatic heterocycles. The van der Waals surface area contributed by atoms with Gasteiger partial charge in [0.25, 0.3) is 0 Å². The van der Waals surface area contributed by atoms with Gasteiger partial charge in [0, 0.05) is 11.6 Å². The van der Waals surface area contributed by atoms with Crippen LogP contribution in [0.5, 0.6) is 0 Å². The molecule has 19 heavy (non-hydrogen) atoms. The summed E-state index contributed by atoms with van der Waals surface area (Å²) < 4.78 is 0. The number of rotatable bonds is 3. The molecule has 1 fully saturated rings. The molecule has 2 N–H and O–H groups in total. The van der Waals surface area contributed by atoms with E-state index in [1.54, 1.807) is 0 Å². The summed E-state index contributed by atoms with van der Waals surface area (Å²) in [4.78, 5) is 2.37. The molecule has 2 heteroatoms. The van der Waals surface area contributed by atoms with Gasteiger partial charge in [0.1, 0.15) is 0 Å². The molecule has 1 atom stereocenters. The minimum absolute atomic E-state index is 0.112. The maximum Gasteiger partial charge on any atom is 0.0482 e. The second kappa shape index (κ2) is 5.64. The fourth-order valence-electron chi connectivity index (χ4n) is 3.70. The summed E-state index contributed by atoms with van der Waals surface area (Å²) in [5.74, 6) is 0. The Morgan fingerprint density at radius 1 is 1.00 bits per heavy atom. The Morgan fingerprint density at radius 2 is 1.53 bits per heavy atom. The van der Waals surface area contributed by atoms with E-state index in [2.05, 4.69) is 51.0 Å². The average Bonchev–Trinajstić information content (AvgIpc) is 2.37. The van der Waals surface area contributed by atoms with Gasteiger partial charge in [0.15, 0.2) is 0 Å². The number of aryl methyl sites for hydroxylation is 2. The third kappa shape index (κ3) is 2.85. The Morgan fingerprint density at radius 3 is 2.00 bits per heavy atom. The van der Waals surface area contributed by atoms with E-state index < -0.39 is 0 Å². The van der Waals surface area contributed by atoms with Gasteiger partial charge in [-0.1, -0.05) is 48.6 Å². The first-order valence-electron chi connectivity index (χ1n) is 7.47. The molecule has 1 aromatic rings. The minimum Gasteiger partial charge on any atom is -0.322 e. The molecular formula is C17H28N2. The molecule has 1 aliphatic carbocycles. The van der Waals surface area contributed by atoms with E-state index in [9.17, 15) is 0 Å². The number of nitrogens with zero attached hydrogens (tertiary/aromatic N) is 1. The third-order valence-electron chi connectivity index (χ3n) is 4.79. The summed E-state index contributed by atoms with van der Waals surface area (Å²) in [5.41, 5.74) is 10.8. The van der Waals surface area contributed by atoms with Crippen molar-refractivity contribution in [3.8, 4) is 0 Å². The first kappa shape index (κ1) is 14.5. The Hall–Kier alpha value is -0.860. The molecule has 0 amide bonds. The highest BCUT2D eigenvalue weighted by Crippen LogP contribution is 2.40. The van der Waals surface area contributed by atoms with Gasteiger partial charge < -0.3 is 10.6 Å². The highest BCUT2D eigenvalue weighted by molar-refractivity contribution is 5.32. The standard InChI is InChI=1S/C17H28N2/c1-13-10-14(2)12-15(11-13)16(18)17(19(3)4)8-6-5-7-9-17/h10-12,16H,5-9,18H2,1-4H3. The van der Waals surface area contributed by atoms with Crippen molar-refractivity contribution in [3.05, 3.63) is 34.9 Å². The van der Waals surface area contributed by atoms with Crippen molar-refractivity contribution in [1.29, 1.82) is 0 Å². The fraction of sp³-hybridized carbons (Fsp3) is 0.647. The Labute approximate surface area is 118 Å². The molecule has 1 unspecified atom stereocenters. The zero-order valence-corrected chi connectivity index (χ0v) is 12.9. The lowest BCUT2D eigenvalue weighted by Gasteiger charge is -2.47. The highest BCUT2D eigenvalue weighted by Gasteiger charge is 2.40. The van der Waals surface area contributed by atoms with Gasteiger partial charge in [-0.15, -0.1) is 0 Å². The summed E-state index contributed by atoms with van der Waals surface area (Å²) >= 11 is 0. The van der Waals surface area contributed by atoms with Gasteiger partial charge in [-0.25, -0.2) is 0 Å². The lowest BCUT2D eigenvalue weighted by molar-refractivity contribution is 0.0713. The molecule has 0 bridgehead atoms. The van der Waals surface area contributed by atoms with E-state index >= 15 is 0 Å². The molecule has 106 valence electrons. The zero-order valence-electron chi connectivity index (χ0n) is 12.9. The average molecular weight is 260 g/mol. The van der Waals surface area contributed by atoms with E-state index in [-0.39, 0.29) is 11.6 Å². The normalized spacial score (nSPS) is 20.5. The first-order chi connectivity index (χ1) is 8.95. The molecule has 0 aromatic heterocycles. The molecule has 2 nitrogen and oxygen atoms in total. The van der Waals surface area contributed by atoms with Crippen molar-refractivity contribution in [3.63, 3.8) is 0 Å². The molecule has 0 spiro atoms. The number of nitrogens with two attached hydrogens (primary N) is 1. The summed E-state index contributed by atoms with van der Waals surface area (Å²) in [6, 6.07) is 6.86. The van der Waals surface area contributed by atoms with Gasteiger partial charge >= 0.3 is 0 Å². The van der Waals surface area contributed by atoms with Gasteiger partial charge in [0.05, 0.1) is 0 Å². The van der Waals surface area contributed by atoms with Crippen LogP contribution in [0.3, 0.4) is 0 Å². The van der Waals surface area contributed by atoms with E-state index in [4.69, 9.17) is 5.73 Å². The quantitative estimate of drug-likeness (QED) is 0.900. The number of hydrogen-bond donors (Lipinski definition) is 1. The van der Waals surface area contributed by atoms with Crippen molar-refractivity contribution in [1.82, 2.24) is 4.90 Å². The smallest absolute Gasteiger partial charge is 0.0482 e. The van der Waals surface area contributed by atoms with Crippen LogP contribution in [0, 0.1) is 13.8 Å². The molecule has 1 saturated carbocycles. The Bertz CT molecular complexity index is 411. The van der Waals surface area contributed by atoms with Crippen LogP contribution in [0.4, 0.5) is 0 Å². The van der Waals surface area contributed by atoms with Crippen LogP contribution in [0.25, 0.3) is 0 Å². The predicted molar refractivity (Wildman–Crippen MR) is 82.3 cm³/mol. The van der Waals surface area contributed by atoms with Gasteiger partial charge in [-0.05, 0) is 46.3 Å². The second-order valence-corrected chi connectivity index (χ2v) is 6.46. The van der Waals surface area contributed by atoms with E-state index in [1.807, 2.05) is 0 Å². The van der Waals surface area contributed by atoms with Crippen molar-refractivity contribution >= 4 is 0 Å². The van der Waals surface area contributed by atoms with E-state index in [0.717, 1.165) is 0 Å². The van der Waals surface area contributed by atoms with Crippen molar-refractivity contribution in [2.24, 2.45) is 5.73 Å². The SMILES string of the molecule is Cc1cc(C)cc(C(N)C2(N(C)C)CCCCC2)c1. The second-order valence-electron chi connectivity index (χ2n) is 6.46. The summed E-state index contributed by atoms with van der Waals surface area (Å²) in [6.07, 6.45) is 6.39. The molecule has 1 aliphatic rings. The topological polar surface area (TPSA) is 29.3 Å². The van der Waals surface area contributed by atoms with Gasteiger partial charge in [-0.3, -0.25) is 0 Å². The molecule has 0 heterocycles. The largest absolute Gasteiger partial charge is 0.322 e. The summed E-state index contributed by atoms with van der Waals surface area (Å²) in [6.45, 7) is 4.32. The van der Waals surface area contributed by atoms with Crippen LogP contribution in [0.15, 0.2) is 18.2 Å². The number of benzene rings is 1. The van der Waals surface area contributed by atoms with Crippen LogP contribution in [-0.4, -0.2) is 24.5 Å². The maximum atomic E-state index is 6.70. The highest BCUT2D eigenvalue weighted by atomic mass is 15.2. The van der Waals surface area contributed by atoms with Crippen molar-refractivity contribution < 1.29 is 0 Å². The van der Waals surface area contributed by atoms with Gasteiger partial charge in [-0.2, -0.15) is 0 Å². The van der Waals surface area contributed by atoms with Crippen LogP contribution < -0.4 is 5.73 Å². The van der Waals surface area contributed by atoms with Crippen LogP contribution >= 0.6 is 0 Å². The third-order valence-corrected chi connectivity index (χ3v) is 4.79. The molecule has 1 aromatic carbocycles. The number of hydrogen-bond acceptors (Lipinski definition) is 2. The molecule has 0 radical (unpaired) electrons. The van der Waals surface area contributed by atoms with E-state index in [0.29, 0.717) is 0 Å². The summed E-state index contributed by atoms with van der Waals surface area (Å²) in [5, 5.41) is 0. The minimum atomic E-state index is 0.112. The van der Waals surface area contributed by atoms with E-state index in [1.165, 1.54) is 48.8 Å². The molecule has 0 saturated heterocycles. The monoisotopic (exact) mass is 260 g/mol. The summed E-state index contributed by atoms with van der Waals surface area (Å²) in [7, 11) is 4.38. The van der Waals surface area contributed by atoms with Crippen molar-refractivity contribution in [2.45, 2.75) is 57.5 Å². The van der Waals surface area contributed by atoms with Crippen LogP contribution in [-0.2, 0) is 0 Å². The molecular weight excluding hydrogens is 232 g/mol. The number of likely N-dealkylation sites (N-methyl/N-ethyl adjacent to an activating group) is 1. The van der Waals surface area contributed by atoms with Gasteiger partial charge in [0.2, 0.25) is 0 Å². The predicted octanol–water partition coefficient (Wildman–Crippen LogP) is 3.57. The lowest BCUT2D eigenvalue weighted by atomic mass is 9.73. The van der Waals surface area contributed by atoms with Crippen molar-refractivity contribution in [2.75, 3.05) is 14.1 Å². The Balaban J connectivity index is 2.36.